The van der Waals surface area contributed by atoms with E-state index in [1.807, 2.05) is 32.0 Å². The van der Waals surface area contributed by atoms with Crippen molar-refractivity contribution in [2.24, 2.45) is 0 Å². The molecule has 0 spiro atoms. The Bertz CT molecular complexity index is 448. The number of para-hydroxylation sites is 1. The molecule has 0 radical (unpaired) electrons. The Labute approximate surface area is 113 Å². The van der Waals surface area contributed by atoms with Gasteiger partial charge in [-0.2, -0.15) is 0 Å². The summed E-state index contributed by atoms with van der Waals surface area (Å²) in [6.45, 7) is 5.48. The van der Waals surface area contributed by atoms with Crippen LogP contribution in [-0.2, 0) is 0 Å². The molecule has 2 rings (SSSR count). The van der Waals surface area contributed by atoms with Crippen molar-refractivity contribution in [1.82, 2.24) is 10.6 Å². The summed E-state index contributed by atoms with van der Waals surface area (Å²) in [5, 5.41) is 18.8. The van der Waals surface area contributed by atoms with Gasteiger partial charge in [-0.05, 0) is 37.9 Å². The molecule has 1 aliphatic heterocycles. The van der Waals surface area contributed by atoms with Crippen LogP contribution in [-0.4, -0.2) is 36.4 Å². The molecule has 1 aromatic rings. The second kappa shape index (κ2) is 5.59. The number of anilines is 1. The van der Waals surface area contributed by atoms with Crippen LogP contribution in [0.4, 0.5) is 10.5 Å². The third-order valence-electron chi connectivity index (χ3n) is 3.52. The third kappa shape index (κ3) is 3.45. The quantitative estimate of drug-likeness (QED) is 0.661. The average molecular weight is 263 g/mol. The molecule has 2 amide bonds. The third-order valence-corrected chi connectivity index (χ3v) is 3.52. The van der Waals surface area contributed by atoms with Crippen molar-refractivity contribution >= 4 is 11.7 Å². The highest BCUT2D eigenvalue weighted by molar-refractivity contribution is 5.91. The number of aryl methyl sites for hydroxylation is 2. The molecule has 5 nitrogen and oxygen atoms in total. The van der Waals surface area contributed by atoms with Crippen molar-refractivity contribution in [3.8, 4) is 0 Å². The fourth-order valence-electron chi connectivity index (χ4n) is 2.30. The second-order valence-corrected chi connectivity index (χ2v) is 5.23. The lowest BCUT2D eigenvalue weighted by atomic mass is 10.0. The summed E-state index contributed by atoms with van der Waals surface area (Å²) in [6, 6.07) is 5.59. The number of hydrogen-bond acceptors (Lipinski definition) is 3. The Kier molecular flexibility index (Phi) is 4.07. The minimum Gasteiger partial charge on any atom is -0.387 e. The summed E-state index contributed by atoms with van der Waals surface area (Å²) >= 11 is 0. The Morgan fingerprint density at radius 3 is 2.68 bits per heavy atom. The molecular formula is C14H21N3O2. The summed E-state index contributed by atoms with van der Waals surface area (Å²) < 4.78 is 0. The first-order valence-electron chi connectivity index (χ1n) is 6.54. The molecule has 0 bridgehead atoms. The number of urea groups is 1. The van der Waals surface area contributed by atoms with Gasteiger partial charge in [-0.15, -0.1) is 0 Å². The van der Waals surface area contributed by atoms with E-state index in [2.05, 4.69) is 16.0 Å². The maximum absolute atomic E-state index is 11.9. The molecule has 1 aliphatic rings. The molecule has 1 heterocycles. The second-order valence-electron chi connectivity index (χ2n) is 5.23. The van der Waals surface area contributed by atoms with Gasteiger partial charge in [0.1, 0.15) is 0 Å². The van der Waals surface area contributed by atoms with Crippen molar-refractivity contribution < 1.29 is 9.90 Å². The van der Waals surface area contributed by atoms with Crippen LogP contribution in [0.1, 0.15) is 17.5 Å². The van der Waals surface area contributed by atoms with E-state index in [4.69, 9.17) is 0 Å². The van der Waals surface area contributed by atoms with Gasteiger partial charge in [-0.1, -0.05) is 18.2 Å². The molecule has 0 aliphatic carbocycles. The largest absolute Gasteiger partial charge is 0.387 e. The van der Waals surface area contributed by atoms with E-state index in [-0.39, 0.29) is 12.6 Å². The number of amides is 2. The maximum atomic E-state index is 11.9. The zero-order valence-corrected chi connectivity index (χ0v) is 11.4. The van der Waals surface area contributed by atoms with Crippen molar-refractivity contribution in [2.45, 2.75) is 25.9 Å². The van der Waals surface area contributed by atoms with Gasteiger partial charge in [0.25, 0.3) is 0 Å². The van der Waals surface area contributed by atoms with E-state index in [9.17, 15) is 9.90 Å². The SMILES string of the molecule is Cc1cccc(C)c1NC(=O)NCC1(O)CCNC1. The lowest BCUT2D eigenvalue weighted by molar-refractivity contribution is 0.0640. The van der Waals surface area contributed by atoms with Gasteiger partial charge < -0.3 is 21.1 Å². The van der Waals surface area contributed by atoms with Crippen LogP contribution in [0.3, 0.4) is 0 Å². The first kappa shape index (κ1) is 13.8. The fraction of sp³-hybridized carbons (Fsp3) is 0.500. The first-order chi connectivity index (χ1) is 9.00. The minimum atomic E-state index is -0.821. The Morgan fingerprint density at radius 2 is 2.11 bits per heavy atom. The van der Waals surface area contributed by atoms with Crippen molar-refractivity contribution in [1.29, 1.82) is 0 Å². The molecule has 5 heteroatoms. The molecule has 1 unspecified atom stereocenters. The number of β-amino-alcohol motifs (C(OH)–C–C–N with tert-alkyl or cyclic N) is 1. The first-order valence-corrected chi connectivity index (χ1v) is 6.54. The molecule has 4 N–H and O–H groups in total. The lowest BCUT2D eigenvalue weighted by Crippen LogP contribution is -2.45. The maximum Gasteiger partial charge on any atom is 0.319 e. The highest BCUT2D eigenvalue weighted by Gasteiger charge is 2.31. The van der Waals surface area contributed by atoms with E-state index in [1.54, 1.807) is 0 Å². The van der Waals surface area contributed by atoms with Crippen LogP contribution in [0.25, 0.3) is 0 Å². The summed E-state index contributed by atoms with van der Waals surface area (Å²) in [5.74, 6) is 0. The Morgan fingerprint density at radius 1 is 1.42 bits per heavy atom. The smallest absolute Gasteiger partial charge is 0.319 e. The molecule has 0 saturated carbocycles. The number of hydrogen-bond donors (Lipinski definition) is 4. The van der Waals surface area contributed by atoms with E-state index >= 15 is 0 Å². The van der Waals surface area contributed by atoms with Crippen LogP contribution in [0.5, 0.6) is 0 Å². The predicted octanol–water partition coefficient (Wildman–Crippen LogP) is 1.15. The van der Waals surface area contributed by atoms with Gasteiger partial charge in [0.2, 0.25) is 0 Å². The normalized spacial score (nSPS) is 22.3. The fourth-order valence-corrected chi connectivity index (χ4v) is 2.30. The highest BCUT2D eigenvalue weighted by Crippen LogP contribution is 2.19. The molecule has 104 valence electrons. The molecule has 1 aromatic carbocycles. The molecule has 1 fully saturated rings. The monoisotopic (exact) mass is 263 g/mol. The zero-order chi connectivity index (χ0) is 13.9. The topological polar surface area (TPSA) is 73.4 Å². The number of carbonyl (C=O) groups excluding carboxylic acids is 1. The molecule has 19 heavy (non-hydrogen) atoms. The van der Waals surface area contributed by atoms with Gasteiger partial charge in [0.15, 0.2) is 0 Å². The van der Waals surface area contributed by atoms with Gasteiger partial charge in [-0.3, -0.25) is 0 Å². The standard InChI is InChI=1S/C14H21N3O2/c1-10-4-3-5-11(2)12(10)17-13(18)16-9-14(19)6-7-15-8-14/h3-5,15,19H,6-9H2,1-2H3,(H2,16,17,18). The van der Waals surface area contributed by atoms with E-state index in [1.165, 1.54) is 0 Å². The Balaban J connectivity index is 1.91. The van der Waals surface area contributed by atoms with Crippen LogP contribution >= 0.6 is 0 Å². The molecule has 1 saturated heterocycles. The summed E-state index contributed by atoms with van der Waals surface area (Å²) in [4.78, 5) is 11.9. The van der Waals surface area contributed by atoms with E-state index in [0.717, 1.165) is 23.4 Å². The summed E-state index contributed by atoms with van der Waals surface area (Å²) in [6.07, 6.45) is 0.663. The van der Waals surface area contributed by atoms with Crippen molar-refractivity contribution in [3.63, 3.8) is 0 Å². The highest BCUT2D eigenvalue weighted by atomic mass is 16.3. The summed E-state index contributed by atoms with van der Waals surface area (Å²) in [5.41, 5.74) is 2.06. The number of carbonyl (C=O) groups is 1. The average Bonchev–Trinajstić information content (AvgIpc) is 2.79. The van der Waals surface area contributed by atoms with Crippen molar-refractivity contribution in [3.05, 3.63) is 29.3 Å². The number of aliphatic hydroxyl groups is 1. The van der Waals surface area contributed by atoms with Gasteiger partial charge in [-0.25, -0.2) is 4.79 Å². The van der Waals surface area contributed by atoms with Crippen LogP contribution < -0.4 is 16.0 Å². The molecular weight excluding hydrogens is 242 g/mol. The van der Waals surface area contributed by atoms with Gasteiger partial charge >= 0.3 is 6.03 Å². The van der Waals surface area contributed by atoms with Crippen LogP contribution in [0.15, 0.2) is 18.2 Å². The van der Waals surface area contributed by atoms with Crippen LogP contribution in [0, 0.1) is 13.8 Å². The minimum absolute atomic E-state index is 0.261. The zero-order valence-electron chi connectivity index (χ0n) is 11.4. The van der Waals surface area contributed by atoms with E-state index < -0.39 is 5.60 Å². The predicted molar refractivity (Wildman–Crippen MR) is 75.4 cm³/mol. The number of benzene rings is 1. The molecule has 1 atom stereocenters. The molecule has 0 aromatic heterocycles. The van der Waals surface area contributed by atoms with Crippen LogP contribution in [0.2, 0.25) is 0 Å². The number of nitrogens with one attached hydrogen (secondary N) is 3. The van der Waals surface area contributed by atoms with Gasteiger partial charge in [0, 0.05) is 18.8 Å². The summed E-state index contributed by atoms with van der Waals surface area (Å²) in [7, 11) is 0. The lowest BCUT2D eigenvalue weighted by Gasteiger charge is -2.22. The van der Waals surface area contributed by atoms with Crippen molar-refractivity contribution in [2.75, 3.05) is 25.0 Å². The van der Waals surface area contributed by atoms with Gasteiger partial charge in [0.05, 0.1) is 5.60 Å². The van der Waals surface area contributed by atoms with E-state index in [0.29, 0.717) is 13.0 Å². The number of rotatable bonds is 3. The Hall–Kier alpha value is -1.59.